The molecule has 1 amide bonds. The van der Waals surface area contributed by atoms with E-state index >= 15 is 0 Å². The predicted molar refractivity (Wildman–Crippen MR) is 91.1 cm³/mol. The van der Waals surface area contributed by atoms with E-state index in [-0.39, 0.29) is 16.5 Å². The number of carbonyl (C=O) groups is 1. The number of amides is 1. The largest absolute Gasteiger partial charge is 0.382 e. The molecule has 0 fully saturated rings. The number of benzene rings is 1. The highest BCUT2D eigenvalue weighted by Crippen LogP contribution is 2.15. The number of anilines is 1. The first kappa shape index (κ1) is 17.0. The molecule has 2 aromatic rings. The maximum atomic E-state index is 12.0. The van der Waals surface area contributed by atoms with Crippen molar-refractivity contribution in [1.82, 2.24) is 14.7 Å². The first-order valence-corrected chi connectivity index (χ1v) is 7.54. The number of aryl methyl sites for hydroxylation is 1. The lowest BCUT2D eigenvalue weighted by Crippen LogP contribution is -2.22. The van der Waals surface area contributed by atoms with E-state index in [1.807, 2.05) is 18.2 Å². The molecule has 6 nitrogen and oxygen atoms in total. The molecule has 7 heteroatoms. The Balaban J connectivity index is 2.02. The van der Waals surface area contributed by atoms with Gasteiger partial charge in [-0.3, -0.25) is 9.59 Å². The Hall–Kier alpha value is -2.34. The van der Waals surface area contributed by atoms with E-state index in [1.165, 1.54) is 10.9 Å². The van der Waals surface area contributed by atoms with Gasteiger partial charge in [0.25, 0.3) is 11.5 Å². The molecule has 122 valence electrons. The third kappa shape index (κ3) is 4.10. The number of aromatic nitrogens is 2. The molecule has 0 unspecified atom stereocenters. The highest BCUT2D eigenvalue weighted by Gasteiger charge is 2.09. The molecular weight excluding hydrogens is 316 g/mol. The molecule has 2 rings (SSSR count). The molecule has 23 heavy (non-hydrogen) atoms. The summed E-state index contributed by atoms with van der Waals surface area (Å²) in [6, 6.07) is 7.48. The molecule has 1 heterocycles. The van der Waals surface area contributed by atoms with Gasteiger partial charge in [0, 0.05) is 33.3 Å². The Labute approximate surface area is 139 Å². The number of nitrogens with zero attached hydrogens (tertiary/aromatic N) is 3. The third-order valence-electron chi connectivity index (χ3n) is 3.39. The molecule has 0 aliphatic carbocycles. The van der Waals surface area contributed by atoms with Crippen molar-refractivity contribution in [3.63, 3.8) is 0 Å². The number of hydrogen-bond donors (Lipinski definition) is 1. The summed E-state index contributed by atoms with van der Waals surface area (Å²) in [4.78, 5) is 25.2. The van der Waals surface area contributed by atoms with Gasteiger partial charge in [-0.1, -0.05) is 23.7 Å². The van der Waals surface area contributed by atoms with Gasteiger partial charge in [0.2, 0.25) is 0 Å². The second kappa shape index (κ2) is 7.28. The van der Waals surface area contributed by atoms with Crippen molar-refractivity contribution in [3.05, 3.63) is 57.0 Å². The summed E-state index contributed by atoms with van der Waals surface area (Å²) in [6.45, 7) is 0.578. The van der Waals surface area contributed by atoms with Crippen LogP contribution < -0.4 is 10.9 Å². The zero-order valence-electron chi connectivity index (χ0n) is 13.3. The first-order valence-electron chi connectivity index (χ1n) is 7.16. The van der Waals surface area contributed by atoms with Crippen LogP contribution >= 0.6 is 11.6 Å². The van der Waals surface area contributed by atoms with E-state index in [0.29, 0.717) is 24.2 Å². The van der Waals surface area contributed by atoms with Gasteiger partial charge in [0.15, 0.2) is 0 Å². The van der Waals surface area contributed by atoms with Crippen LogP contribution in [0.3, 0.4) is 0 Å². The van der Waals surface area contributed by atoms with Gasteiger partial charge in [-0.05, 0) is 24.1 Å². The van der Waals surface area contributed by atoms with Gasteiger partial charge in [-0.15, -0.1) is 0 Å². The molecule has 1 N–H and O–H groups in total. The van der Waals surface area contributed by atoms with Crippen LogP contribution in [-0.4, -0.2) is 41.2 Å². The van der Waals surface area contributed by atoms with Crippen molar-refractivity contribution in [2.45, 2.75) is 6.42 Å². The molecule has 0 saturated heterocycles. The third-order valence-corrected chi connectivity index (χ3v) is 3.75. The Kier molecular flexibility index (Phi) is 5.39. The van der Waals surface area contributed by atoms with Crippen molar-refractivity contribution >= 4 is 23.2 Å². The fraction of sp³-hybridized carbons (Fsp3) is 0.312. The van der Waals surface area contributed by atoms with Crippen LogP contribution in [0.1, 0.15) is 15.9 Å². The molecule has 0 radical (unpaired) electrons. The number of hydrogen-bond acceptors (Lipinski definition) is 4. The summed E-state index contributed by atoms with van der Waals surface area (Å²) in [7, 11) is 4.99. The highest BCUT2D eigenvalue weighted by atomic mass is 35.5. The Morgan fingerprint density at radius 1 is 1.39 bits per heavy atom. The normalized spacial score (nSPS) is 10.4. The summed E-state index contributed by atoms with van der Waals surface area (Å²) in [6.07, 6.45) is 2.22. The van der Waals surface area contributed by atoms with Crippen LogP contribution in [-0.2, 0) is 13.5 Å². The summed E-state index contributed by atoms with van der Waals surface area (Å²) in [5, 5.41) is 7.15. The lowest BCUT2D eigenvalue weighted by molar-refractivity contribution is 0.0827. The molecular formula is C16H19ClN4O2. The van der Waals surface area contributed by atoms with Crippen molar-refractivity contribution in [2.75, 3.05) is 26.0 Å². The van der Waals surface area contributed by atoms with E-state index in [4.69, 9.17) is 11.6 Å². The van der Waals surface area contributed by atoms with E-state index < -0.39 is 0 Å². The van der Waals surface area contributed by atoms with Crippen LogP contribution in [0.15, 0.2) is 35.3 Å². The van der Waals surface area contributed by atoms with Gasteiger partial charge in [0.05, 0.1) is 11.9 Å². The standard InChI is InChI=1S/C16H19ClN4O2/c1-20(2)15(22)12-6-4-5-11(9-12)7-8-18-13-10-19-21(3)16(23)14(13)17/h4-6,9-10,18H,7-8H2,1-3H3. The zero-order valence-corrected chi connectivity index (χ0v) is 14.1. The second-order valence-electron chi connectivity index (χ2n) is 5.38. The minimum absolute atomic E-state index is 0.0291. The highest BCUT2D eigenvalue weighted by molar-refractivity contribution is 6.32. The quantitative estimate of drug-likeness (QED) is 0.905. The smallest absolute Gasteiger partial charge is 0.287 e. The van der Waals surface area contributed by atoms with Crippen LogP contribution in [0.4, 0.5) is 5.69 Å². The Morgan fingerprint density at radius 2 is 2.13 bits per heavy atom. The van der Waals surface area contributed by atoms with Crippen LogP contribution in [0.2, 0.25) is 5.02 Å². The van der Waals surface area contributed by atoms with Crippen molar-refractivity contribution in [1.29, 1.82) is 0 Å². The molecule has 1 aromatic heterocycles. The summed E-state index contributed by atoms with van der Waals surface area (Å²) < 4.78 is 1.18. The first-order chi connectivity index (χ1) is 10.9. The predicted octanol–water partition coefficient (Wildman–Crippen LogP) is 1.79. The minimum Gasteiger partial charge on any atom is -0.382 e. The SMILES string of the molecule is CN(C)C(=O)c1cccc(CCNc2cnn(C)c(=O)c2Cl)c1. The zero-order chi connectivity index (χ0) is 17.0. The maximum Gasteiger partial charge on any atom is 0.287 e. The van der Waals surface area contributed by atoms with Crippen LogP contribution in [0.5, 0.6) is 0 Å². The van der Waals surface area contributed by atoms with Crippen LogP contribution in [0.25, 0.3) is 0 Å². The summed E-state index contributed by atoms with van der Waals surface area (Å²) >= 11 is 6.00. The van der Waals surface area contributed by atoms with E-state index in [1.54, 1.807) is 32.1 Å². The number of nitrogens with one attached hydrogen (secondary N) is 1. The lowest BCUT2D eigenvalue weighted by atomic mass is 10.1. The van der Waals surface area contributed by atoms with E-state index in [2.05, 4.69) is 10.4 Å². The van der Waals surface area contributed by atoms with Gasteiger partial charge in [-0.25, -0.2) is 4.68 Å². The van der Waals surface area contributed by atoms with Crippen molar-refractivity contribution in [2.24, 2.45) is 7.05 Å². The van der Waals surface area contributed by atoms with Crippen molar-refractivity contribution in [3.8, 4) is 0 Å². The Bertz CT molecular complexity index is 771. The summed E-state index contributed by atoms with van der Waals surface area (Å²) in [5.74, 6) is -0.0291. The Morgan fingerprint density at radius 3 is 2.83 bits per heavy atom. The van der Waals surface area contributed by atoms with Gasteiger partial charge >= 0.3 is 0 Å². The number of rotatable bonds is 5. The van der Waals surface area contributed by atoms with Gasteiger partial charge in [-0.2, -0.15) is 5.10 Å². The molecule has 1 aromatic carbocycles. The minimum atomic E-state index is -0.338. The average molecular weight is 335 g/mol. The van der Waals surface area contributed by atoms with E-state index in [9.17, 15) is 9.59 Å². The van der Waals surface area contributed by atoms with Crippen molar-refractivity contribution < 1.29 is 4.79 Å². The summed E-state index contributed by atoms with van der Waals surface area (Å²) in [5.41, 5.74) is 1.85. The average Bonchev–Trinajstić information content (AvgIpc) is 2.54. The molecule has 0 bridgehead atoms. The number of carbonyl (C=O) groups excluding carboxylic acids is 1. The van der Waals surface area contributed by atoms with Crippen LogP contribution in [0, 0.1) is 0 Å². The monoisotopic (exact) mass is 334 g/mol. The lowest BCUT2D eigenvalue weighted by Gasteiger charge is -2.12. The second-order valence-corrected chi connectivity index (χ2v) is 5.76. The van der Waals surface area contributed by atoms with E-state index in [0.717, 1.165) is 5.56 Å². The number of halogens is 1. The topological polar surface area (TPSA) is 67.2 Å². The van der Waals surface area contributed by atoms with Gasteiger partial charge in [0.1, 0.15) is 5.02 Å². The molecule has 0 saturated carbocycles. The fourth-order valence-corrected chi connectivity index (χ4v) is 2.33. The molecule has 0 atom stereocenters. The fourth-order valence-electron chi connectivity index (χ4n) is 2.09. The maximum absolute atomic E-state index is 12.0. The molecule has 0 aliphatic rings. The van der Waals surface area contributed by atoms with Gasteiger partial charge < -0.3 is 10.2 Å². The molecule has 0 aliphatic heterocycles. The molecule has 0 spiro atoms.